The number of quaternary nitrogens is 1. The second kappa shape index (κ2) is 7.22. The normalized spacial score (nSPS) is 21.3. The number of benzene rings is 1. The molecule has 0 aromatic heterocycles. The second-order valence-corrected chi connectivity index (χ2v) is 5.51. The van der Waals surface area contributed by atoms with Crippen molar-refractivity contribution in [3.8, 4) is 5.75 Å². The van der Waals surface area contributed by atoms with E-state index in [1.807, 2.05) is 0 Å². The summed E-state index contributed by atoms with van der Waals surface area (Å²) >= 11 is 0. The predicted molar refractivity (Wildman–Crippen MR) is 76.3 cm³/mol. The summed E-state index contributed by atoms with van der Waals surface area (Å²) in [6.07, 6.45) is 1.52. The van der Waals surface area contributed by atoms with Crippen molar-refractivity contribution in [1.82, 2.24) is 0 Å². The first-order valence-electron chi connectivity index (χ1n) is 7.45. The lowest BCUT2D eigenvalue weighted by molar-refractivity contribution is -0.919. The first-order valence-corrected chi connectivity index (χ1v) is 7.45. The summed E-state index contributed by atoms with van der Waals surface area (Å²) in [5.41, 5.74) is 0.397. The number of hydrogen-bond acceptors (Lipinski definition) is 5. The summed E-state index contributed by atoms with van der Waals surface area (Å²) in [4.78, 5) is 23.1. The Hall–Kier alpha value is -2.15. The van der Waals surface area contributed by atoms with Gasteiger partial charge < -0.3 is 14.7 Å². The van der Waals surface area contributed by atoms with Gasteiger partial charge in [0, 0.05) is 24.5 Å². The molecule has 1 fully saturated rings. The summed E-state index contributed by atoms with van der Waals surface area (Å²) in [6, 6.07) is 4.24. The van der Waals surface area contributed by atoms with Crippen LogP contribution in [0.15, 0.2) is 18.2 Å². The summed E-state index contributed by atoms with van der Waals surface area (Å²) < 4.78 is 5.03. The molecule has 2 rings (SSSR count). The number of rotatable bonds is 5. The Balaban J connectivity index is 1.92. The molecule has 0 atom stereocenters. The minimum Gasteiger partial charge on any atom is -0.868 e. The molecule has 7 heteroatoms. The van der Waals surface area contributed by atoms with Crippen molar-refractivity contribution in [3.63, 3.8) is 0 Å². The van der Waals surface area contributed by atoms with Crippen molar-refractivity contribution in [3.05, 3.63) is 33.9 Å². The number of nitro benzene ring substituents is 1. The van der Waals surface area contributed by atoms with Crippen LogP contribution >= 0.6 is 0 Å². The maximum Gasteiger partial charge on any atom is 0.309 e. The fraction of sp³-hybridized carbons (Fsp3) is 0.533. The zero-order chi connectivity index (χ0) is 16.1. The van der Waals surface area contributed by atoms with E-state index in [4.69, 9.17) is 4.74 Å². The smallest absolute Gasteiger partial charge is 0.309 e. The zero-order valence-electron chi connectivity index (χ0n) is 12.5. The van der Waals surface area contributed by atoms with Crippen LogP contribution in [0.5, 0.6) is 5.75 Å². The molecule has 1 aliphatic rings. The highest BCUT2D eigenvalue weighted by atomic mass is 16.6. The van der Waals surface area contributed by atoms with Crippen LogP contribution in [0.25, 0.3) is 0 Å². The number of nitro groups is 1. The van der Waals surface area contributed by atoms with E-state index in [0.29, 0.717) is 13.2 Å². The number of carbonyl (C=O) groups excluding carboxylic acids is 1. The average Bonchev–Trinajstić information content (AvgIpc) is 2.50. The van der Waals surface area contributed by atoms with Crippen LogP contribution in [0.3, 0.4) is 0 Å². The molecule has 0 unspecified atom stereocenters. The Kier molecular flexibility index (Phi) is 5.32. The van der Waals surface area contributed by atoms with Crippen molar-refractivity contribution in [2.45, 2.75) is 26.3 Å². The minimum atomic E-state index is -0.645. The standard InChI is InChI=1S/C15H20N2O5/c1-2-22-15(19)12-5-7-16(8-6-12)10-11-3-4-14(18)13(9-11)17(20)21/h3-4,9,12,18H,2,5-8,10H2,1H3. The second-order valence-electron chi connectivity index (χ2n) is 5.51. The summed E-state index contributed by atoms with van der Waals surface area (Å²) in [6.45, 7) is 4.45. The first kappa shape index (κ1) is 16.2. The molecule has 0 amide bonds. The molecule has 1 heterocycles. The van der Waals surface area contributed by atoms with E-state index in [2.05, 4.69) is 0 Å². The van der Waals surface area contributed by atoms with Gasteiger partial charge in [-0.15, -0.1) is 0 Å². The van der Waals surface area contributed by atoms with E-state index in [1.54, 1.807) is 13.0 Å². The lowest BCUT2D eigenvalue weighted by Gasteiger charge is -2.28. The Bertz CT molecular complexity index is 553. The van der Waals surface area contributed by atoms with Crippen LogP contribution in [-0.4, -0.2) is 30.6 Å². The van der Waals surface area contributed by atoms with Gasteiger partial charge in [-0.3, -0.25) is 14.9 Å². The third-order valence-corrected chi connectivity index (χ3v) is 3.99. The lowest BCUT2D eigenvalue weighted by atomic mass is 9.96. The summed E-state index contributed by atoms with van der Waals surface area (Å²) in [5, 5.41) is 22.2. The molecule has 1 aromatic rings. The molecule has 0 spiro atoms. The maximum atomic E-state index is 11.7. The molecule has 0 bridgehead atoms. The molecule has 0 aliphatic carbocycles. The van der Waals surface area contributed by atoms with Gasteiger partial charge in [0.2, 0.25) is 0 Å². The van der Waals surface area contributed by atoms with Gasteiger partial charge in [-0.05, 0) is 12.7 Å². The van der Waals surface area contributed by atoms with Gasteiger partial charge in [-0.1, -0.05) is 12.1 Å². The summed E-state index contributed by atoms with van der Waals surface area (Å²) in [5.74, 6) is -0.736. The van der Waals surface area contributed by atoms with Crippen LogP contribution in [-0.2, 0) is 16.1 Å². The molecule has 1 aliphatic heterocycles. The quantitative estimate of drug-likeness (QED) is 0.470. The van der Waals surface area contributed by atoms with Crippen LogP contribution in [0, 0.1) is 16.0 Å². The van der Waals surface area contributed by atoms with Gasteiger partial charge in [0.25, 0.3) is 5.69 Å². The number of hydrogen-bond donors (Lipinski definition) is 1. The fourth-order valence-electron chi connectivity index (χ4n) is 2.80. The van der Waals surface area contributed by atoms with Crippen molar-refractivity contribution in [2.24, 2.45) is 5.92 Å². The maximum absolute atomic E-state index is 11.7. The lowest BCUT2D eigenvalue weighted by Crippen LogP contribution is -3.11. The van der Waals surface area contributed by atoms with E-state index in [9.17, 15) is 20.0 Å². The highest BCUT2D eigenvalue weighted by Crippen LogP contribution is 2.23. The molecule has 0 saturated carbocycles. The van der Waals surface area contributed by atoms with E-state index in [0.717, 1.165) is 31.5 Å². The van der Waals surface area contributed by atoms with E-state index in [1.165, 1.54) is 17.0 Å². The SMILES string of the molecule is CCOC(=O)C1CC[NH+](Cc2ccc([O-])c([N+](=O)[O-])c2)CC1. The molecule has 0 radical (unpaired) electrons. The van der Waals surface area contributed by atoms with Gasteiger partial charge >= 0.3 is 5.97 Å². The van der Waals surface area contributed by atoms with Crippen molar-refractivity contribution < 1.29 is 24.5 Å². The highest BCUT2D eigenvalue weighted by molar-refractivity contribution is 5.72. The molecule has 1 aromatic carbocycles. The van der Waals surface area contributed by atoms with E-state index in [-0.39, 0.29) is 17.6 Å². The number of nitrogens with one attached hydrogen (secondary N) is 1. The molecule has 1 saturated heterocycles. The Morgan fingerprint density at radius 1 is 1.41 bits per heavy atom. The van der Waals surface area contributed by atoms with E-state index >= 15 is 0 Å². The van der Waals surface area contributed by atoms with Gasteiger partial charge in [0.1, 0.15) is 6.54 Å². The van der Waals surface area contributed by atoms with Crippen molar-refractivity contribution in [2.75, 3.05) is 19.7 Å². The number of carbonyl (C=O) groups is 1. The molecular formula is C15H20N2O5. The van der Waals surface area contributed by atoms with Crippen LogP contribution in [0.4, 0.5) is 5.69 Å². The van der Waals surface area contributed by atoms with Gasteiger partial charge in [0.15, 0.2) is 0 Å². The minimum absolute atomic E-state index is 0.0398. The number of ether oxygens (including phenoxy) is 1. The van der Waals surface area contributed by atoms with E-state index < -0.39 is 10.7 Å². The molecule has 1 N–H and O–H groups in total. The fourth-order valence-corrected chi connectivity index (χ4v) is 2.80. The van der Waals surface area contributed by atoms with Gasteiger partial charge in [-0.25, -0.2) is 0 Å². The molecule has 120 valence electrons. The van der Waals surface area contributed by atoms with Crippen molar-refractivity contribution in [1.29, 1.82) is 0 Å². The Labute approximate surface area is 128 Å². The monoisotopic (exact) mass is 308 g/mol. The number of piperidine rings is 1. The number of nitrogens with zero attached hydrogens (tertiary/aromatic N) is 1. The van der Waals surface area contributed by atoms with Crippen LogP contribution in [0.2, 0.25) is 0 Å². The van der Waals surface area contributed by atoms with Gasteiger partial charge in [-0.2, -0.15) is 0 Å². The molecule has 7 nitrogen and oxygen atoms in total. The Morgan fingerprint density at radius 3 is 2.68 bits per heavy atom. The summed E-state index contributed by atoms with van der Waals surface area (Å²) in [7, 11) is 0. The first-order chi connectivity index (χ1) is 10.5. The molecular weight excluding hydrogens is 288 g/mol. The van der Waals surface area contributed by atoms with Gasteiger partial charge in [0.05, 0.1) is 30.5 Å². The highest BCUT2D eigenvalue weighted by Gasteiger charge is 2.28. The third kappa shape index (κ3) is 3.94. The third-order valence-electron chi connectivity index (χ3n) is 3.99. The zero-order valence-corrected chi connectivity index (χ0v) is 12.5. The van der Waals surface area contributed by atoms with Crippen LogP contribution in [0.1, 0.15) is 25.3 Å². The largest absolute Gasteiger partial charge is 0.868 e. The Morgan fingerprint density at radius 2 is 2.09 bits per heavy atom. The number of likely N-dealkylation sites (tertiary alicyclic amines) is 1. The van der Waals surface area contributed by atoms with Crippen LogP contribution < -0.4 is 10.0 Å². The predicted octanol–water partition coefficient (Wildman–Crippen LogP) is 0.0264. The number of esters is 1. The topological polar surface area (TPSA) is 96.9 Å². The molecule has 22 heavy (non-hydrogen) atoms. The van der Waals surface area contributed by atoms with Crippen molar-refractivity contribution >= 4 is 11.7 Å². The average molecular weight is 308 g/mol.